The van der Waals surface area contributed by atoms with Crippen molar-refractivity contribution in [2.24, 2.45) is 39.3 Å². The van der Waals surface area contributed by atoms with Gasteiger partial charge in [0.2, 0.25) is 0 Å². The van der Waals surface area contributed by atoms with E-state index in [1.165, 1.54) is 19.3 Å². The fraction of sp³-hybridized carbons (Fsp3) is 1.00. The summed E-state index contributed by atoms with van der Waals surface area (Å²) >= 11 is 0. The lowest BCUT2D eigenvalue weighted by Gasteiger charge is -2.29. The van der Waals surface area contributed by atoms with Crippen molar-refractivity contribution in [3.05, 3.63) is 0 Å². The van der Waals surface area contributed by atoms with Gasteiger partial charge >= 0.3 is 0 Å². The number of rotatable bonds is 0. The Balaban J connectivity index is 1.83. The van der Waals surface area contributed by atoms with E-state index < -0.39 is 0 Å². The highest BCUT2D eigenvalue weighted by molar-refractivity contribution is 5.19. The van der Waals surface area contributed by atoms with Crippen molar-refractivity contribution >= 4 is 0 Å². The molecule has 0 aromatic carbocycles. The molecule has 1 aliphatic heterocycles. The summed E-state index contributed by atoms with van der Waals surface area (Å²) < 4.78 is 0. The molecule has 2 heteroatoms. The van der Waals surface area contributed by atoms with Crippen LogP contribution in [0.15, 0.2) is 10.2 Å². The number of hydrogen-bond acceptors (Lipinski definition) is 2. The van der Waals surface area contributed by atoms with E-state index in [0.29, 0.717) is 17.5 Å². The van der Waals surface area contributed by atoms with Crippen LogP contribution in [-0.4, -0.2) is 12.1 Å². The van der Waals surface area contributed by atoms with Crippen molar-refractivity contribution in [1.29, 1.82) is 0 Å². The van der Waals surface area contributed by atoms with Crippen molar-refractivity contribution in [1.82, 2.24) is 0 Å². The highest BCUT2D eigenvalue weighted by Gasteiger charge is 2.67. The van der Waals surface area contributed by atoms with E-state index in [0.717, 1.165) is 23.7 Å². The summed E-state index contributed by atoms with van der Waals surface area (Å²) in [5, 5.41) is 9.09. The van der Waals surface area contributed by atoms with Gasteiger partial charge in [-0.3, -0.25) is 0 Å². The van der Waals surface area contributed by atoms with Crippen molar-refractivity contribution < 1.29 is 0 Å². The van der Waals surface area contributed by atoms with Crippen LogP contribution in [0.3, 0.4) is 0 Å². The Labute approximate surface area is 85.2 Å². The van der Waals surface area contributed by atoms with Crippen LogP contribution in [0.2, 0.25) is 0 Å². The van der Waals surface area contributed by atoms with Gasteiger partial charge in [0, 0.05) is 5.41 Å². The van der Waals surface area contributed by atoms with Gasteiger partial charge in [0.25, 0.3) is 0 Å². The van der Waals surface area contributed by atoms with Crippen molar-refractivity contribution in [2.75, 3.05) is 0 Å². The molecular formula is C12H18N2. The third-order valence-corrected chi connectivity index (χ3v) is 5.62. The molecule has 0 saturated heterocycles. The quantitative estimate of drug-likeness (QED) is 0.525. The summed E-state index contributed by atoms with van der Waals surface area (Å²) in [5.74, 6) is 3.87. The zero-order valence-corrected chi connectivity index (χ0v) is 8.98. The molecule has 76 valence electrons. The Morgan fingerprint density at radius 3 is 1.93 bits per heavy atom. The average molecular weight is 190 g/mol. The second-order valence-corrected chi connectivity index (χ2v) is 6.43. The predicted molar refractivity (Wildman–Crippen MR) is 54.0 cm³/mol. The third kappa shape index (κ3) is 0.627. The Kier molecular flexibility index (Phi) is 1.16. The highest BCUT2D eigenvalue weighted by Crippen LogP contribution is 2.66. The van der Waals surface area contributed by atoms with E-state index in [-0.39, 0.29) is 0 Å². The summed E-state index contributed by atoms with van der Waals surface area (Å²) in [5.41, 5.74) is 0.386. The van der Waals surface area contributed by atoms with Crippen LogP contribution in [-0.2, 0) is 0 Å². The summed E-state index contributed by atoms with van der Waals surface area (Å²) in [6.45, 7) is 4.78. The van der Waals surface area contributed by atoms with Crippen LogP contribution in [0.4, 0.5) is 0 Å². The molecule has 3 fully saturated rings. The normalized spacial score (nSPS) is 61.0. The fourth-order valence-electron chi connectivity index (χ4n) is 5.08. The van der Waals surface area contributed by atoms with E-state index in [4.69, 9.17) is 0 Å². The molecular weight excluding hydrogens is 172 g/mol. The minimum atomic E-state index is 0.386. The first-order chi connectivity index (χ1) is 6.69. The molecule has 4 aliphatic rings. The van der Waals surface area contributed by atoms with Gasteiger partial charge < -0.3 is 0 Å². The number of azo groups is 1. The van der Waals surface area contributed by atoms with Crippen LogP contribution in [0, 0.1) is 29.1 Å². The summed E-state index contributed by atoms with van der Waals surface area (Å²) in [6.07, 6.45) is 4.48. The van der Waals surface area contributed by atoms with E-state index in [1.54, 1.807) is 0 Å². The minimum absolute atomic E-state index is 0.386. The van der Waals surface area contributed by atoms with Gasteiger partial charge in [0.15, 0.2) is 0 Å². The van der Waals surface area contributed by atoms with Crippen molar-refractivity contribution in [2.45, 2.75) is 45.2 Å². The molecule has 0 amide bonds. The molecule has 6 atom stereocenters. The van der Waals surface area contributed by atoms with Crippen LogP contribution >= 0.6 is 0 Å². The zero-order valence-electron chi connectivity index (χ0n) is 8.98. The molecule has 4 bridgehead atoms. The molecule has 0 spiro atoms. The molecule has 0 unspecified atom stereocenters. The summed E-state index contributed by atoms with van der Waals surface area (Å²) in [6, 6.07) is 1.15. The van der Waals surface area contributed by atoms with Gasteiger partial charge in [-0.1, -0.05) is 13.8 Å². The van der Waals surface area contributed by atoms with Crippen molar-refractivity contribution in [3.8, 4) is 0 Å². The van der Waals surface area contributed by atoms with E-state index >= 15 is 0 Å². The second-order valence-electron chi connectivity index (χ2n) is 6.43. The Morgan fingerprint density at radius 1 is 0.929 bits per heavy atom. The number of fused-ring (bicyclic) bond motifs is 9. The molecule has 0 radical (unpaired) electrons. The topological polar surface area (TPSA) is 24.7 Å². The molecule has 0 N–H and O–H groups in total. The average Bonchev–Trinajstić information content (AvgIpc) is 2.84. The second kappa shape index (κ2) is 2.07. The van der Waals surface area contributed by atoms with Gasteiger partial charge in [-0.05, 0) is 42.9 Å². The largest absolute Gasteiger partial charge is 0.190 e. The van der Waals surface area contributed by atoms with Gasteiger partial charge in [-0.15, -0.1) is 0 Å². The van der Waals surface area contributed by atoms with Crippen LogP contribution < -0.4 is 0 Å². The zero-order chi connectivity index (χ0) is 9.50. The van der Waals surface area contributed by atoms with Gasteiger partial charge in [0.1, 0.15) is 0 Å². The molecule has 4 rings (SSSR count). The SMILES string of the molecule is CC1(C)[C@H]2N=N[C@H]1[C@H]1[C@H]3CC[C@@H](C3)[C@H]12. The lowest BCUT2D eigenvalue weighted by atomic mass is 9.79. The summed E-state index contributed by atoms with van der Waals surface area (Å²) in [4.78, 5) is 0. The first-order valence-electron chi connectivity index (χ1n) is 6.09. The van der Waals surface area contributed by atoms with Crippen LogP contribution in [0.5, 0.6) is 0 Å². The summed E-state index contributed by atoms with van der Waals surface area (Å²) in [7, 11) is 0. The first kappa shape index (κ1) is 7.84. The molecule has 3 saturated carbocycles. The molecule has 0 aromatic heterocycles. The van der Waals surface area contributed by atoms with E-state index in [2.05, 4.69) is 24.1 Å². The van der Waals surface area contributed by atoms with Gasteiger partial charge in [-0.2, -0.15) is 10.2 Å². The molecule has 1 heterocycles. The Bertz CT molecular complexity index is 292. The third-order valence-electron chi connectivity index (χ3n) is 5.62. The standard InChI is InChI=1S/C12H18N2/c1-12(2)10-8-6-3-4-7(5-6)9(8)11(12)14-13-10/h6-11H,3-5H2,1-2H3/t6-,7-,8-,9+,10-,11-/m0/s1. The van der Waals surface area contributed by atoms with Crippen molar-refractivity contribution in [3.63, 3.8) is 0 Å². The van der Waals surface area contributed by atoms with Gasteiger partial charge in [-0.25, -0.2) is 0 Å². The Morgan fingerprint density at radius 2 is 1.43 bits per heavy atom. The van der Waals surface area contributed by atoms with Crippen LogP contribution in [0.1, 0.15) is 33.1 Å². The lowest BCUT2D eigenvalue weighted by Crippen LogP contribution is -2.29. The van der Waals surface area contributed by atoms with Gasteiger partial charge in [0.05, 0.1) is 12.1 Å². The maximum atomic E-state index is 4.54. The minimum Gasteiger partial charge on any atom is -0.190 e. The molecule has 0 aromatic rings. The first-order valence-corrected chi connectivity index (χ1v) is 6.09. The fourth-order valence-corrected chi connectivity index (χ4v) is 5.08. The molecule has 3 aliphatic carbocycles. The van der Waals surface area contributed by atoms with Crippen LogP contribution in [0.25, 0.3) is 0 Å². The Hall–Kier alpha value is -0.400. The number of nitrogens with zero attached hydrogens (tertiary/aromatic N) is 2. The monoisotopic (exact) mass is 190 g/mol. The predicted octanol–water partition coefficient (Wildman–Crippen LogP) is 2.89. The maximum Gasteiger partial charge on any atom is 0.0814 e. The van der Waals surface area contributed by atoms with E-state index in [1.807, 2.05) is 0 Å². The maximum absolute atomic E-state index is 4.54. The lowest BCUT2D eigenvalue weighted by molar-refractivity contribution is 0.209. The smallest absolute Gasteiger partial charge is 0.0814 e. The molecule has 14 heavy (non-hydrogen) atoms. The number of hydrogen-bond donors (Lipinski definition) is 0. The highest BCUT2D eigenvalue weighted by atomic mass is 15.2. The molecule has 2 nitrogen and oxygen atoms in total. The van der Waals surface area contributed by atoms with E-state index in [9.17, 15) is 0 Å².